The van der Waals surface area contributed by atoms with Crippen molar-refractivity contribution in [1.82, 2.24) is 21.1 Å². The van der Waals surface area contributed by atoms with E-state index in [4.69, 9.17) is 4.52 Å². The molecule has 28 heavy (non-hydrogen) atoms. The standard InChI is InChI=1S/C20H29N5O2.HI/c1-5-15(6-2)18-11-17(27-25-18)13-24-20(22-4)23-12-14-8-7-9-16(10-14)19(26)21-3;/h7-11,15H,5-6,12-13H2,1-4H3,(H,21,26)(H2,22,23,24);1H. The summed E-state index contributed by atoms with van der Waals surface area (Å²) >= 11 is 0. The molecule has 0 unspecified atom stereocenters. The molecule has 2 rings (SSSR count). The molecule has 0 radical (unpaired) electrons. The van der Waals surface area contributed by atoms with E-state index < -0.39 is 0 Å². The van der Waals surface area contributed by atoms with Crippen molar-refractivity contribution in [3.05, 3.63) is 52.9 Å². The lowest BCUT2D eigenvalue weighted by molar-refractivity contribution is 0.0963. The minimum Gasteiger partial charge on any atom is -0.359 e. The minimum atomic E-state index is -0.0991. The molecule has 7 nitrogen and oxygen atoms in total. The van der Waals surface area contributed by atoms with E-state index in [9.17, 15) is 4.79 Å². The van der Waals surface area contributed by atoms with Crippen molar-refractivity contribution in [2.45, 2.75) is 45.7 Å². The summed E-state index contributed by atoms with van der Waals surface area (Å²) in [7, 11) is 3.34. The third kappa shape index (κ3) is 6.81. The van der Waals surface area contributed by atoms with Crippen LogP contribution < -0.4 is 16.0 Å². The molecule has 2 aromatic rings. The van der Waals surface area contributed by atoms with Gasteiger partial charge in [0.25, 0.3) is 5.91 Å². The van der Waals surface area contributed by atoms with Crippen LogP contribution in [0.25, 0.3) is 0 Å². The summed E-state index contributed by atoms with van der Waals surface area (Å²) in [5.41, 5.74) is 2.64. The minimum absolute atomic E-state index is 0. The maximum atomic E-state index is 11.7. The lowest BCUT2D eigenvalue weighted by Gasteiger charge is -2.11. The molecule has 0 aliphatic rings. The molecule has 0 saturated heterocycles. The van der Waals surface area contributed by atoms with E-state index in [2.05, 4.69) is 39.9 Å². The molecule has 0 aliphatic heterocycles. The summed E-state index contributed by atoms with van der Waals surface area (Å²) < 4.78 is 5.42. The first-order valence-electron chi connectivity index (χ1n) is 9.32. The zero-order chi connectivity index (χ0) is 19.6. The average molecular weight is 499 g/mol. The van der Waals surface area contributed by atoms with Crippen LogP contribution in [0.1, 0.15) is 60.0 Å². The molecule has 154 valence electrons. The van der Waals surface area contributed by atoms with Crippen molar-refractivity contribution < 1.29 is 9.32 Å². The quantitative estimate of drug-likeness (QED) is 0.294. The maximum Gasteiger partial charge on any atom is 0.251 e. The fourth-order valence-electron chi connectivity index (χ4n) is 2.86. The lowest BCUT2D eigenvalue weighted by Crippen LogP contribution is -2.36. The summed E-state index contributed by atoms with van der Waals surface area (Å²) in [6.45, 7) is 5.38. The highest BCUT2D eigenvalue weighted by Gasteiger charge is 2.13. The van der Waals surface area contributed by atoms with Crippen LogP contribution in [0.3, 0.4) is 0 Å². The number of halogens is 1. The number of nitrogens with zero attached hydrogens (tertiary/aromatic N) is 2. The van der Waals surface area contributed by atoms with Gasteiger partial charge in [-0.05, 0) is 30.5 Å². The second-order valence-electron chi connectivity index (χ2n) is 6.29. The van der Waals surface area contributed by atoms with Gasteiger partial charge in [-0.1, -0.05) is 31.1 Å². The Labute approximate surface area is 183 Å². The van der Waals surface area contributed by atoms with Crippen LogP contribution in [-0.2, 0) is 13.1 Å². The number of aromatic nitrogens is 1. The Morgan fingerprint density at radius 2 is 1.89 bits per heavy atom. The van der Waals surface area contributed by atoms with Crippen molar-refractivity contribution in [2.24, 2.45) is 4.99 Å². The van der Waals surface area contributed by atoms with Gasteiger partial charge in [-0.3, -0.25) is 9.79 Å². The molecule has 1 aromatic heterocycles. The van der Waals surface area contributed by atoms with Gasteiger partial charge < -0.3 is 20.5 Å². The molecule has 1 aromatic carbocycles. The van der Waals surface area contributed by atoms with Crippen molar-refractivity contribution in [3.63, 3.8) is 0 Å². The smallest absolute Gasteiger partial charge is 0.251 e. The second kappa shape index (κ2) is 12.4. The summed E-state index contributed by atoms with van der Waals surface area (Å²) in [5, 5.41) is 13.3. The maximum absolute atomic E-state index is 11.7. The van der Waals surface area contributed by atoms with Gasteiger partial charge in [0.05, 0.1) is 12.2 Å². The number of hydrogen-bond acceptors (Lipinski definition) is 4. The molecule has 0 fully saturated rings. The average Bonchev–Trinajstić information content (AvgIpc) is 3.17. The van der Waals surface area contributed by atoms with Gasteiger partial charge in [0.1, 0.15) is 0 Å². The van der Waals surface area contributed by atoms with Gasteiger partial charge in [0.2, 0.25) is 0 Å². The molecule has 0 spiro atoms. The number of nitrogens with one attached hydrogen (secondary N) is 3. The van der Waals surface area contributed by atoms with Gasteiger partial charge >= 0.3 is 0 Å². The van der Waals surface area contributed by atoms with Gasteiger partial charge in [-0.2, -0.15) is 0 Å². The molecule has 0 aliphatic carbocycles. The SMILES string of the molecule is CCC(CC)c1cc(CNC(=NC)NCc2cccc(C(=O)NC)c2)on1.I. The molecule has 3 N–H and O–H groups in total. The number of benzene rings is 1. The summed E-state index contributed by atoms with van der Waals surface area (Å²) in [6.07, 6.45) is 2.10. The zero-order valence-electron chi connectivity index (χ0n) is 16.9. The fraction of sp³-hybridized carbons (Fsp3) is 0.450. The molecular formula is C20H30IN5O2. The van der Waals surface area contributed by atoms with E-state index in [1.807, 2.05) is 24.3 Å². The van der Waals surface area contributed by atoms with Crippen molar-refractivity contribution >= 4 is 35.8 Å². The predicted molar refractivity (Wildman–Crippen MR) is 122 cm³/mol. The highest BCUT2D eigenvalue weighted by atomic mass is 127. The van der Waals surface area contributed by atoms with Gasteiger partial charge in [0.15, 0.2) is 11.7 Å². The van der Waals surface area contributed by atoms with Crippen LogP contribution in [0.2, 0.25) is 0 Å². The molecule has 8 heteroatoms. The largest absolute Gasteiger partial charge is 0.359 e. The first kappa shape index (κ1) is 23.9. The zero-order valence-corrected chi connectivity index (χ0v) is 19.2. The second-order valence-corrected chi connectivity index (χ2v) is 6.29. The van der Waals surface area contributed by atoms with Crippen LogP contribution >= 0.6 is 24.0 Å². The summed E-state index contributed by atoms with van der Waals surface area (Å²) in [6, 6.07) is 9.48. The Morgan fingerprint density at radius 3 is 2.54 bits per heavy atom. The lowest BCUT2D eigenvalue weighted by atomic mass is 9.99. The monoisotopic (exact) mass is 499 g/mol. The molecule has 1 amide bonds. The van der Waals surface area contributed by atoms with E-state index in [-0.39, 0.29) is 29.9 Å². The van der Waals surface area contributed by atoms with Gasteiger partial charge in [-0.25, -0.2) is 0 Å². The Bertz CT molecular complexity index is 771. The number of guanidine groups is 1. The third-order valence-electron chi connectivity index (χ3n) is 4.51. The third-order valence-corrected chi connectivity index (χ3v) is 4.51. The summed E-state index contributed by atoms with van der Waals surface area (Å²) in [5.74, 6) is 1.77. The molecular weight excluding hydrogens is 469 g/mol. The Balaban J connectivity index is 0.00000392. The highest BCUT2D eigenvalue weighted by Crippen LogP contribution is 2.22. The summed E-state index contributed by atoms with van der Waals surface area (Å²) in [4.78, 5) is 15.9. The molecule has 1 heterocycles. The number of amides is 1. The normalized spacial score (nSPS) is 11.1. The molecule has 0 atom stereocenters. The molecule has 0 saturated carbocycles. The van der Waals surface area contributed by atoms with Gasteiger partial charge in [-0.15, -0.1) is 24.0 Å². The van der Waals surface area contributed by atoms with E-state index in [1.54, 1.807) is 20.2 Å². The van der Waals surface area contributed by atoms with Crippen LogP contribution in [0.15, 0.2) is 39.8 Å². The first-order chi connectivity index (χ1) is 13.1. The van der Waals surface area contributed by atoms with Crippen LogP contribution in [0.5, 0.6) is 0 Å². The number of rotatable bonds is 8. The van der Waals surface area contributed by atoms with E-state index in [0.717, 1.165) is 29.9 Å². The van der Waals surface area contributed by atoms with Crippen LogP contribution in [-0.4, -0.2) is 31.1 Å². The fourth-order valence-corrected chi connectivity index (χ4v) is 2.86. The van der Waals surface area contributed by atoms with Crippen molar-refractivity contribution in [3.8, 4) is 0 Å². The van der Waals surface area contributed by atoms with Crippen LogP contribution in [0, 0.1) is 0 Å². The Kier molecular flexibility index (Phi) is 10.6. The van der Waals surface area contributed by atoms with E-state index in [1.165, 1.54) is 0 Å². The van der Waals surface area contributed by atoms with Crippen molar-refractivity contribution in [1.29, 1.82) is 0 Å². The Hall–Kier alpha value is -2.10. The number of carbonyl (C=O) groups is 1. The van der Waals surface area contributed by atoms with Crippen LogP contribution in [0.4, 0.5) is 0 Å². The topological polar surface area (TPSA) is 91.5 Å². The first-order valence-corrected chi connectivity index (χ1v) is 9.32. The Morgan fingerprint density at radius 1 is 1.18 bits per heavy atom. The predicted octanol–water partition coefficient (Wildman–Crippen LogP) is 3.42. The van der Waals surface area contributed by atoms with E-state index >= 15 is 0 Å². The van der Waals surface area contributed by atoms with E-state index in [0.29, 0.717) is 30.5 Å². The highest BCUT2D eigenvalue weighted by molar-refractivity contribution is 14.0. The molecule has 0 bridgehead atoms. The number of aliphatic imine (C=N–C) groups is 1. The van der Waals surface area contributed by atoms with Gasteiger partial charge in [0, 0.05) is 38.2 Å². The number of hydrogen-bond donors (Lipinski definition) is 3. The van der Waals surface area contributed by atoms with Crippen molar-refractivity contribution in [2.75, 3.05) is 14.1 Å². The number of carbonyl (C=O) groups excluding carboxylic acids is 1.